The molecule has 0 heterocycles. The van der Waals surface area contributed by atoms with Crippen LogP contribution in [-0.2, 0) is 4.79 Å². The number of nitriles is 1. The fraction of sp³-hybridized carbons (Fsp3) is 0.125. The van der Waals surface area contributed by atoms with Gasteiger partial charge >= 0.3 is 0 Å². The smallest absolute Gasteiger partial charge is 0.246 e. The van der Waals surface area contributed by atoms with Gasteiger partial charge in [0.25, 0.3) is 0 Å². The van der Waals surface area contributed by atoms with Crippen LogP contribution in [0.4, 0.5) is 5.69 Å². The highest BCUT2D eigenvalue weighted by molar-refractivity contribution is 5.97. The van der Waals surface area contributed by atoms with E-state index < -0.39 is 11.9 Å². The van der Waals surface area contributed by atoms with Gasteiger partial charge in [-0.2, -0.15) is 5.26 Å². The lowest BCUT2D eigenvalue weighted by Crippen LogP contribution is -2.28. The number of hydrogen-bond donors (Lipinski definition) is 2. The van der Waals surface area contributed by atoms with Gasteiger partial charge in [0.2, 0.25) is 5.91 Å². The van der Waals surface area contributed by atoms with Gasteiger partial charge in [-0.1, -0.05) is 36.4 Å². The van der Waals surface area contributed by atoms with Crippen LogP contribution in [0.1, 0.15) is 17.2 Å². The molecule has 0 fully saturated rings. The van der Waals surface area contributed by atoms with Gasteiger partial charge in [-0.3, -0.25) is 4.79 Å². The highest BCUT2D eigenvalue weighted by atomic mass is 16.5. The van der Waals surface area contributed by atoms with Gasteiger partial charge in [-0.15, -0.1) is 0 Å². The van der Waals surface area contributed by atoms with Crippen LogP contribution in [0.2, 0.25) is 0 Å². The number of rotatable bonds is 4. The van der Waals surface area contributed by atoms with E-state index in [4.69, 9.17) is 15.7 Å². The van der Waals surface area contributed by atoms with E-state index in [0.29, 0.717) is 22.6 Å². The van der Waals surface area contributed by atoms with Crippen molar-refractivity contribution in [1.82, 2.24) is 0 Å². The Hall–Kier alpha value is -2.84. The molecule has 0 aliphatic rings. The molecule has 1 amide bonds. The van der Waals surface area contributed by atoms with Crippen molar-refractivity contribution in [3.63, 3.8) is 0 Å². The van der Waals surface area contributed by atoms with Crippen molar-refractivity contribution in [3.8, 4) is 11.8 Å². The molecule has 106 valence electrons. The number of nitrogens with one attached hydrogen (secondary N) is 1. The molecule has 2 rings (SSSR count). The predicted octanol–water partition coefficient (Wildman–Crippen LogP) is 2.21. The Morgan fingerprint density at radius 3 is 2.57 bits per heavy atom. The number of methoxy groups -OCH3 is 1. The standard InChI is InChI=1S/C16H15N3O2/c1-21-13-9-5-8-12(10-17)15(13)19-16(20)14(18)11-6-3-2-4-7-11/h2-9,14H,18H2,1H3,(H,19,20)/t14-/m1/s1. The van der Waals surface area contributed by atoms with Crippen LogP contribution in [0.15, 0.2) is 48.5 Å². The van der Waals surface area contributed by atoms with Crippen LogP contribution in [0.25, 0.3) is 0 Å². The number of nitrogens with two attached hydrogens (primary N) is 1. The summed E-state index contributed by atoms with van der Waals surface area (Å²) < 4.78 is 5.17. The fourth-order valence-corrected chi connectivity index (χ4v) is 1.94. The Kier molecular flexibility index (Phi) is 4.54. The number of carbonyl (C=O) groups is 1. The van der Waals surface area contributed by atoms with Crippen molar-refractivity contribution in [1.29, 1.82) is 5.26 Å². The van der Waals surface area contributed by atoms with E-state index in [0.717, 1.165) is 0 Å². The molecule has 5 heteroatoms. The lowest BCUT2D eigenvalue weighted by Gasteiger charge is -2.15. The molecule has 0 aliphatic carbocycles. The van der Waals surface area contributed by atoms with Crippen LogP contribution in [0.5, 0.6) is 5.75 Å². The van der Waals surface area contributed by atoms with E-state index in [1.165, 1.54) is 7.11 Å². The van der Waals surface area contributed by atoms with E-state index >= 15 is 0 Å². The van der Waals surface area contributed by atoms with E-state index in [2.05, 4.69) is 5.32 Å². The largest absolute Gasteiger partial charge is 0.495 e. The van der Waals surface area contributed by atoms with Gasteiger partial charge in [0, 0.05) is 0 Å². The topological polar surface area (TPSA) is 88.1 Å². The summed E-state index contributed by atoms with van der Waals surface area (Å²) in [4.78, 5) is 12.2. The summed E-state index contributed by atoms with van der Waals surface area (Å²) in [6.45, 7) is 0. The third-order valence-electron chi connectivity index (χ3n) is 3.06. The first-order chi connectivity index (χ1) is 10.2. The van der Waals surface area contributed by atoms with Crippen LogP contribution in [0, 0.1) is 11.3 Å². The van der Waals surface area contributed by atoms with Gasteiger partial charge in [0.05, 0.1) is 12.7 Å². The third-order valence-corrected chi connectivity index (χ3v) is 3.06. The summed E-state index contributed by atoms with van der Waals surface area (Å²) in [6, 6.07) is 15.2. The quantitative estimate of drug-likeness (QED) is 0.899. The van der Waals surface area contributed by atoms with Crippen molar-refractivity contribution in [3.05, 3.63) is 59.7 Å². The predicted molar refractivity (Wildman–Crippen MR) is 79.7 cm³/mol. The molecular formula is C16H15N3O2. The number of hydrogen-bond acceptors (Lipinski definition) is 4. The number of benzene rings is 2. The normalized spacial score (nSPS) is 11.3. The van der Waals surface area contributed by atoms with E-state index in [9.17, 15) is 4.79 Å². The number of nitrogens with zero attached hydrogens (tertiary/aromatic N) is 1. The minimum atomic E-state index is -0.817. The Morgan fingerprint density at radius 2 is 1.95 bits per heavy atom. The molecular weight excluding hydrogens is 266 g/mol. The molecule has 0 bridgehead atoms. The molecule has 0 saturated heterocycles. The number of carbonyl (C=O) groups excluding carboxylic acids is 1. The summed E-state index contributed by atoms with van der Waals surface area (Å²) >= 11 is 0. The fourth-order valence-electron chi connectivity index (χ4n) is 1.94. The average molecular weight is 281 g/mol. The van der Waals surface area contributed by atoms with Crippen LogP contribution in [-0.4, -0.2) is 13.0 Å². The zero-order valence-corrected chi connectivity index (χ0v) is 11.5. The molecule has 0 radical (unpaired) electrons. The number of anilines is 1. The van der Waals surface area contributed by atoms with Crippen molar-refractivity contribution in [2.24, 2.45) is 5.73 Å². The zero-order chi connectivity index (χ0) is 15.2. The Labute approximate surface area is 123 Å². The minimum absolute atomic E-state index is 0.322. The summed E-state index contributed by atoms with van der Waals surface area (Å²) in [5, 5.41) is 11.8. The lowest BCUT2D eigenvalue weighted by molar-refractivity contribution is -0.117. The molecule has 0 spiro atoms. The molecule has 0 aromatic heterocycles. The van der Waals surface area contributed by atoms with Crippen molar-refractivity contribution >= 4 is 11.6 Å². The van der Waals surface area contributed by atoms with Gasteiger partial charge in [0.15, 0.2) is 0 Å². The Bertz CT molecular complexity index is 678. The van der Waals surface area contributed by atoms with Gasteiger partial charge in [-0.05, 0) is 17.7 Å². The van der Waals surface area contributed by atoms with E-state index in [1.807, 2.05) is 24.3 Å². The first-order valence-electron chi connectivity index (χ1n) is 6.36. The summed E-state index contributed by atoms with van der Waals surface area (Å²) in [5.41, 5.74) is 7.29. The average Bonchev–Trinajstić information content (AvgIpc) is 2.55. The molecule has 0 unspecified atom stereocenters. The molecule has 2 aromatic rings. The van der Waals surface area contributed by atoms with Crippen LogP contribution >= 0.6 is 0 Å². The molecule has 5 nitrogen and oxygen atoms in total. The minimum Gasteiger partial charge on any atom is -0.495 e. The second-order valence-corrected chi connectivity index (χ2v) is 4.37. The summed E-state index contributed by atoms with van der Waals surface area (Å²) in [6.07, 6.45) is 0. The van der Waals surface area contributed by atoms with Crippen molar-refractivity contribution in [2.45, 2.75) is 6.04 Å². The maximum atomic E-state index is 12.2. The van der Waals surface area contributed by atoms with E-state index in [1.54, 1.807) is 30.3 Å². The third kappa shape index (κ3) is 3.19. The number of ether oxygens (including phenoxy) is 1. The molecule has 2 aromatic carbocycles. The van der Waals surface area contributed by atoms with Crippen molar-refractivity contribution in [2.75, 3.05) is 12.4 Å². The highest BCUT2D eigenvalue weighted by Gasteiger charge is 2.19. The maximum absolute atomic E-state index is 12.2. The molecule has 21 heavy (non-hydrogen) atoms. The van der Waals surface area contributed by atoms with Gasteiger partial charge in [-0.25, -0.2) is 0 Å². The first kappa shape index (κ1) is 14.6. The summed E-state index contributed by atoms with van der Waals surface area (Å²) in [5.74, 6) is 0.0184. The Balaban J connectivity index is 2.26. The molecule has 0 aliphatic heterocycles. The molecule has 1 atom stereocenters. The zero-order valence-electron chi connectivity index (χ0n) is 11.5. The first-order valence-corrected chi connectivity index (χ1v) is 6.36. The van der Waals surface area contributed by atoms with E-state index in [-0.39, 0.29) is 0 Å². The SMILES string of the molecule is COc1cccc(C#N)c1NC(=O)[C@H](N)c1ccccc1. The summed E-state index contributed by atoms with van der Waals surface area (Å²) in [7, 11) is 1.48. The second kappa shape index (κ2) is 6.55. The van der Waals surface area contributed by atoms with Crippen LogP contribution in [0.3, 0.4) is 0 Å². The maximum Gasteiger partial charge on any atom is 0.246 e. The van der Waals surface area contributed by atoms with Gasteiger partial charge in [0.1, 0.15) is 23.5 Å². The number of amides is 1. The highest BCUT2D eigenvalue weighted by Crippen LogP contribution is 2.28. The Morgan fingerprint density at radius 1 is 1.24 bits per heavy atom. The van der Waals surface area contributed by atoms with Crippen LogP contribution < -0.4 is 15.8 Å². The second-order valence-electron chi connectivity index (χ2n) is 4.37. The lowest BCUT2D eigenvalue weighted by atomic mass is 10.1. The monoisotopic (exact) mass is 281 g/mol. The van der Waals surface area contributed by atoms with Gasteiger partial charge < -0.3 is 15.8 Å². The van der Waals surface area contributed by atoms with Crippen molar-refractivity contribution < 1.29 is 9.53 Å². The molecule has 3 N–H and O–H groups in total. The number of para-hydroxylation sites is 1. The molecule has 0 saturated carbocycles.